The van der Waals surface area contributed by atoms with E-state index in [4.69, 9.17) is 0 Å². The van der Waals surface area contributed by atoms with E-state index in [0.717, 1.165) is 11.3 Å². The fraction of sp³-hybridized carbons (Fsp3) is 0. The standard InChI is InChI=1S/C23H15F2N5O3S/c24-17-8-4-15(5-9-17)20-22(28-21(31)16-6-10-18(25)11-7-16)34-23(27-20)29-26-13-14-2-1-3-19(12-14)30(32)33/h1-13H,(H,27,29)(H,28,31)/b26-13-. The normalized spacial score (nSPS) is 10.9. The first-order valence-electron chi connectivity index (χ1n) is 9.76. The molecule has 0 saturated carbocycles. The number of nitro groups is 1. The van der Waals surface area contributed by atoms with Crippen LogP contribution < -0.4 is 10.7 Å². The summed E-state index contributed by atoms with van der Waals surface area (Å²) in [7, 11) is 0. The van der Waals surface area contributed by atoms with Gasteiger partial charge in [0.15, 0.2) is 0 Å². The molecule has 0 aliphatic rings. The largest absolute Gasteiger partial charge is 0.312 e. The third kappa shape index (κ3) is 5.45. The van der Waals surface area contributed by atoms with Crippen LogP contribution in [-0.4, -0.2) is 22.0 Å². The van der Waals surface area contributed by atoms with Gasteiger partial charge in [-0.1, -0.05) is 23.5 Å². The molecule has 1 heterocycles. The number of benzene rings is 3. The van der Waals surface area contributed by atoms with Gasteiger partial charge in [-0.05, 0) is 48.5 Å². The molecule has 0 aliphatic carbocycles. The maximum Gasteiger partial charge on any atom is 0.270 e. The van der Waals surface area contributed by atoms with Crippen LogP contribution in [0.4, 0.5) is 24.6 Å². The second kappa shape index (κ2) is 9.96. The van der Waals surface area contributed by atoms with Crippen molar-refractivity contribution in [3.8, 4) is 11.3 Å². The van der Waals surface area contributed by atoms with Crippen LogP contribution in [0.3, 0.4) is 0 Å². The van der Waals surface area contributed by atoms with Crippen LogP contribution in [0.1, 0.15) is 15.9 Å². The van der Waals surface area contributed by atoms with Gasteiger partial charge in [-0.2, -0.15) is 5.10 Å². The fourth-order valence-corrected chi connectivity index (χ4v) is 3.75. The van der Waals surface area contributed by atoms with Crippen molar-refractivity contribution >= 4 is 39.3 Å². The summed E-state index contributed by atoms with van der Waals surface area (Å²) in [4.78, 5) is 27.5. The Kier molecular flexibility index (Phi) is 6.64. The van der Waals surface area contributed by atoms with Gasteiger partial charge in [0.1, 0.15) is 22.3 Å². The second-order valence-corrected chi connectivity index (χ2v) is 7.89. The number of aromatic nitrogens is 1. The molecule has 1 aromatic heterocycles. The van der Waals surface area contributed by atoms with Gasteiger partial charge < -0.3 is 5.32 Å². The maximum absolute atomic E-state index is 13.4. The van der Waals surface area contributed by atoms with Gasteiger partial charge in [0.05, 0.1) is 11.1 Å². The van der Waals surface area contributed by atoms with Crippen LogP contribution in [0.5, 0.6) is 0 Å². The number of carbonyl (C=O) groups excluding carboxylic acids is 1. The van der Waals surface area contributed by atoms with Crippen molar-refractivity contribution in [1.82, 2.24) is 4.98 Å². The van der Waals surface area contributed by atoms with Crippen LogP contribution >= 0.6 is 11.3 Å². The minimum absolute atomic E-state index is 0.0670. The molecule has 8 nitrogen and oxygen atoms in total. The lowest BCUT2D eigenvalue weighted by Gasteiger charge is -2.05. The molecule has 0 bridgehead atoms. The Morgan fingerprint density at radius 2 is 1.71 bits per heavy atom. The number of anilines is 2. The highest BCUT2D eigenvalue weighted by atomic mass is 32.1. The monoisotopic (exact) mass is 479 g/mol. The molecule has 0 fully saturated rings. The maximum atomic E-state index is 13.4. The molecule has 0 atom stereocenters. The van der Waals surface area contributed by atoms with Gasteiger partial charge in [0.2, 0.25) is 5.13 Å². The van der Waals surface area contributed by atoms with Crippen molar-refractivity contribution in [3.05, 3.63) is 106 Å². The van der Waals surface area contributed by atoms with Gasteiger partial charge in [-0.3, -0.25) is 20.3 Å². The Balaban J connectivity index is 1.59. The molecule has 170 valence electrons. The van der Waals surface area contributed by atoms with E-state index in [1.54, 1.807) is 12.1 Å². The number of nitrogens with one attached hydrogen (secondary N) is 2. The van der Waals surface area contributed by atoms with Crippen LogP contribution in [0.2, 0.25) is 0 Å². The molecule has 0 saturated heterocycles. The first kappa shape index (κ1) is 22.7. The first-order valence-corrected chi connectivity index (χ1v) is 10.6. The third-order valence-electron chi connectivity index (χ3n) is 4.53. The number of hydrazone groups is 1. The van der Waals surface area contributed by atoms with E-state index >= 15 is 0 Å². The molecule has 0 spiro atoms. The number of rotatable bonds is 7. The minimum atomic E-state index is -0.503. The summed E-state index contributed by atoms with van der Waals surface area (Å²) in [6.07, 6.45) is 1.39. The van der Waals surface area contributed by atoms with E-state index in [9.17, 15) is 23.7 Å². The predicted octanol–water partition coefficient (Wildman–Crippen LogP) is 5.69. The smallest absolute Gasteiger partial charge is 0.270 e. The van der Waals surface area contributed by atoms with E-state index in [2.05, 4.69) is 20.8 Å². The van der Waals surface area contributed by atoms with E-state index in [-0.39, 0.29) is 11.3 Å². The molecule has 1 amide bonds. The Bertz CT molecular complexity index is 1370. The lowest BCUT2D eigenvalue weighted by molar-refractivity contribution is -0.384. The number of amides is 1. The summed E-state index contributed by atoms with van der Waals surface area (Å²) in [5, 5.41) is 18.4. The summed E-state index contributed by atoms with van der Waals surface area (Å²) >= 11 is 1.08. The van der Waals surface area contributed by atoms with E-state index in [0.29, 0.717) is 27.0 Å². The van der Waals surface area contributed by atoms with Gasteiger partial charge in [0, 0.05) is 28.8 Å². The second-order valence-electron chi connectivity index (χ2n) is 6.89. The molecular weight excluding hydrogens is 464 g/mol. The Morgan fingerprint density at radius 1 is 1.03 bits per heavy atom. The Morgan fingerprint density at radius 3 is 2.38 bits per heavy atom. The number of carbonyl (C=O) groups is 1. The van der Waals surface area contributed by atoms with Gasteiger partial charge in [-0.15, -0.1) is 0 Å². The number of nitro benzene ring substituents is 1. The molecule has 2 N–H and O–H groups in total. The van der Waals surface area contributed by atoms with Crippen molar-refractivity contribution in [1.29, 1.82) is 0 Å². The summed E-state index contributed by atoms with van der Waals surface area (Å²) in [6.45, 7) is 0. The average Bonchev–Trinajstić information content (AvgIpc) is 3.22. The molecule has 3 aromatic carbocycles. The summed E-state index contributed by atoms with van der Waals surface area (Å²) in [6, 6.07) is 16.6. The number of non-ortho nitro benzene ring substituents is 1. The van der Waals surface area contributed by atoms with Gasteiger partial charge >= 0.3 is 0 Å². The zero-order chi connectivity index (χ0) is 24.1. The molecule has 4 rings (SSSR count). The van der Waals surface area contributed by atoms with E-state index < -0.39 is 22.5 Å². The number of thiazole rings is 1. The topological polar surface area (TPSA) is 110 Å². The van der Waals surface area contributed by atoms with Crippen molar-refractivity contribution in [3.63, 3.8) is 0 Å². The molecule has 4 aromatic rings. The van der Waals surface area contributed by atoms with E-state index in [1.807, 2.05) is 0 Å². The third-order valence-corrected chi connectivity index (χ3v) is 5.41. The molecule has 34 heavy (non-hydrogen) atoms. The van der Waals surface area contributed by atoms with Crippen LogP contribution in [-0.2, 0) is 0 Å². The summed E-state index contributed by atoms with van der Waals surface area (Å²) < 4.78 is 26.6. The lowest BCUT2D eigenvalue weighted by Crippen LogP contribution is -2.11. The SMILES string of the molecule is O=C(Nc1sc(N/N=C\c2cccc([N+](=O)[O-])c2)nc1-c1ccc(F)cc1)c1ccc(F)cc1. The zero-order valence-electron chi connectivity index (χ0n) is 17.2. The highest BCUT2D eigenvalue weighted by Crippen LogP contribution is 2.36. The zero-order valence-corrected chi connectivity index (χ0v) is 18.1. The molecule has 0 radical (unpaired) electrons. The van der Waals surface area contributed by atoms with Crippen LogP contribution in [0, 0.1) is 21.7 Å². The average molecular weight is 479 g/mol. The highest BCUT2D eigenvalue weighted by molar-refractivity contribution is 7.20. The van der Waals surface area contributed by atoms with Crippen molar-refractivity contribution in [2.45, 2.75) is 0 Å². The number of hydrogen-bond donors (Lipinski definition) is 2. The Labute approximate surface area is 195 Å². The molecule has 11 heteroatoms. The molecular formula is C23H15F2N5O3S. The van der Waals surface area contributed by atoms with Crippen LogP contribution in [0.25, 0.3) is 11.3 Å². The minimum Gasteiger partial charge on any atom is -0.312 e. The van der Waals surface area contributed by atoms with Crippen molar-refractivity contribution in [2.75, 3.05) is 10.7 Å². The summed E-state index contributed by atoms with van der Waals surface area (Å²) in [5.74, 6) is -1.36. The summed E-state index contributed by atoms with van der Waals surface area (Å²) in [5.41, 5.74) is 4.36. The van der Waals surface area contributed by atoms with Gasteiger partial charge in [-0.25, -0.2) is 13.8 Å². The number of halogens is 2. The lowest BCUT2D eigenvalue weighted by atomic mass is 10.1. The van der Waals surface area contributed by atoms with Crippen molar-refractivity contribution in [2.24, 2.45) is 5.10 Å². The first-order chi connectivity index (χ1) is 16.4. The van der Waals surface area contributed by atoms with Crippen LogP contribution in [0.15, 0.2) is 77.9 Å². The number of hydrogen-bond acceptors (Lipinski definition) is 7. The molecule has 0 unspecified atom stereocenters. The predicted molar refractivity (Wildman–Crippen MR) is 126 cm³/mol. The van der Waals surface area contributed by atoms with Crippen molar-refractivity contribution < 1.29 is 18.5 Å². The highest BCUT2D eigenvalue weighted by Gasteiger charge is 2.17. The Hall–Kier alpha value is -4.51. The van der Waals surface area contributed by atoms with E-state index in [1.165, 1.54) is 66.9 Å². The molecule has 0 aliphatic heterocycles. The van der Waals surface area contributed by atoms with Gasteiger partial charge in [0.25, 0.3) is 11.6 Å². The fourth-order valence-electron chi connectivity index (χ4n) is 2.91. The quantitative estimate of drug-likeness (QED) is 0.201. The number of nitrogens with zero attached hydrogens (tertiary/aromatic N) is 3.